The Hall–Kier alpha value is -4.02. The van der Waals surface area contributed by atoms with Crippen LogP contribution in [0.3, 0.4) is 0 Å². The maximum atomic E-state index is 14.4. The van der Waals surface area contributed by atoms with Crippen molar-refractivity contribution in [3.8, 4) is 0 Å². The molecule has 2 aromatic carbocycles. The number of hydrazine groups is 1. The molecule has 0 saturated carbocycles. The van der Waals surface area contributed by atoms with Crippen LogP contribution < -0.4 is 22.1 Å². The predicted molar refractivity (Wildman–Crippen MR) is 164 cm³/mol. The van der Waals surface area contributed by atoms with Crippen molar-refractivity contribution in [2.45, 2.75) is 66.7 Å². The van der Waals surface area contributed by atoms with Gasteiger partial charge in [-0.1, -0.05) is 94.4 Å². The number of amides is 3. The minimum absolute atomic E-state index is 0.0170. The Morgan fingerprint density at radius 1 is 0.860 bits per heavy atom. The average Bonchev–Trinajstić information content (AvgIpc) is 2.98. The lowest BCUT2D eigenvalue weighted by molar-refractivity contribution is -0.155. The number of ether oxygens (including phenoxy) is 1. The number of ketones is 1. The molecule has 0 spiro atoms. The van der Waals surface area contributed by atoms with E-state index < -0.39 is 47.0 Å². The predicted octanol–water partition coefficient (Wildman–Crippen LogP) is 4.61. The molecule has 2 unspecified atom stereocenters. The Morgan fingerprint density at radius 3 is 1.91 bits per heavy atom. The Kier molecular flexibility index (Phi) is 14.1. The normalized spacial score (nSPS) is 14.6. The van der Waals surface area contributed by atoms with Gasteiger partial charge in [-0.25, -0.2) is 16.1 Å². The Labute approximate surface area is 254 Å². The molecule has 0 radical (unpaired) electrons. The summed E-state index contributed by atoms with van der Waals surface area (Å²) < 4.78 is 5.33. The fourth-order valence-corrected chi connectivity index (χ4v) is 5.39. The molecule has 3 amide bonds. The molecule has 0 aliphatic rings. The topological polar surface area (TPSA) is 149 Å². The highest BCUT2D eigenvalue weighted by Crippen LogP contribution is 2.44. The second kappa shape index (κ2) is 17.2. The minimum Gasteiger partial charge on any atom is -0.445 e. The molecule has 4 atom stereocenters. The second-order valence-corrected chi connectivity index (χ2v) is 11.6. The third kappa shape index (κ3) is 10.3. The number of hydrogen-bond donors (Lipinski definition) is 4. The Balaban J connectivity index is 2.44. The van der Waals surface area contributed by atoms with Crippen LogP contribution in [0.2, 0.25) is 0 Å². The van der Waals surface area contributed by atoms with Crippen LogP contribution in [0.4, 0.5) is 4.79 Å². The van der Waals surface area contributed by atoms with Gasteiger partial charge >= 0.3 is 6.09 Å². The molecule has 2 rings (SSSR count). The molecule has 0 bridgehead atoms. The summed E-state index contributed by atoms with van der Waals surface area (Å²) in [7, 11) is 0. The summed E-state index contributed by atoms with van der Waals surface area (Å²) in [6.45, 7) is 13.2. The number of benzene rings is 2. The van der Waals surface area contributed by atoms with Crippen molar-refractivity contribution >= 4 is 23.7 Å². The first-order valence-corrected chi connectivity index (χ1v) is 14.6. The number of alkyl carbamates (subject to hydrolysis) is 1. The summed E-state index contributed by atoms with van der Waals surface area (Å²) in [6.07, 6.45) is 1.05. The van der Waals surface area contributed by atoms with Gasteiger partial charge in [-0.15, -0.1) is 6.58 Å². The summed E-state index contributed by atoms with van der Waals surface area (Å²) in [5.41, 5.74) is 4.68. The molecule has 0 fully saturated rings. The van der Waals surface area contributed by atoms with Crippen LogP contribution in [0, 0.1) is 29.1 Å². The van der Waals surface area contributed by atoms with Gasteiger partial charge in [0.05, 0.1) is 29.9 Å². The number of hydrogen-bond acceptors (Lipinski definition) is 7. The summed E-state index contributed by atoms with van der Waals surface area (Å²) in [5, 5.41) is 2.60. The molecule has 2 aromatic rings. The lowest BCUT2D eigenvalue weighted by Gasteiger charge is -2.42. The van der Waals surface area contributed by atoms with E-state index in [0.29, 0.717) is 0 Å². The van der Waals surface area contributed by atoms with E-state index >= 15 is 0 Å². The third-order valence-electron chi connectivity index (χ3n) is 7.21. The van der Waals surface area contributed by atoms with E-state index in [-0.39, 0.29) is 37.9 Å². The van der Waals surface area contributed by atoms with Crippen LogP contribution in [0.15, 0.2) is 73.3 Å². The van der Waals surface area contributed by atoms with Crippen molar-refractivity contribution in [1.82, 2.24) is 16.2 Å². The van der Waals surface area contributed by atoms with E-state index in [1.165, 1.54) is 13.0 Å². The summed E-state index contributed by atoms with van der Waals surface area (Å²) in [5.74, 6) is 1.44. The Bertz CT molecular complexity index is 1200. The van der Waals surface area contributed by atoms with Crippen LogP contribution in [-0.4, -0.2) is 29.7 Å². The molecule has 234 valence electrons. The number of hydroxylamine groups is 1. The summed E-state index contributed by atoms with van der Waals surface area (Å²) in [6, 6.07) is 17.3. The molecule has 5 N–H and O–H groups in total. The fourth-order valence-electron chi connectivity index (χ4n) is 5.39. The zero-order valence-corrected chi connectivity index (χ0v) is 25.8. The number of nitrogens with one attached hydrogen (secondary N) is 3. The van der Waals surface area contributed by atoms with Gasteiger partial charge in [0.15, 0.2) is 5.78 Å². The van der Waals surface area contributed by atoms with E-state index in [1.54, 1.807) is 0 Å². The highest BCUT2D eigenvalue weighted by atomic mass is 16.6. The van der Waals surface area contributed by atoms with Crippen LogP contribution in [0.1, 0.15) is 58.6 Å². The van der Waals surface area contributed by atoms with E-state index in [9.17, 15) is 19.2 Å². The van der Waals surface area contributed by atoms with Gasteiger partial charge in [-0.05, 0) is 42.7 Å². The largest absolute Gasteiger partial charge is 0.445 e. The molecule has 0 aliphatic carbocycles. The molecular weight excluding hydrogens is 548 g/mol. The maximum Gasteiger partial charge on any atom is 0.408 e. The van der Waals surface area contributed by atoms with Crippen LogP contribution in [-0.2, 0) is 37.2 Å². The fraction of sp³-hybridized carbons (Fsp3) is 0.455. The van der Waals surface area contributed by atoms with Crippen molar-refractivity contribution in [1.29, 1.82) is 0 Å². The second-order valence-electron chi connectivity index (χ2n) is 11.6. The number of allylic oxidation sites excluding steroid dienone is 1. The molecule has 43 heavy (non-hydrogen) atoms. The van der Waals surface area contributed by atoms with Gasteiger partial charge in [-0.2, -0.15) is 0 Å². The highest BCUT2D eigenvalue weighted by Gasteiger charge is 2.53. The van der Waals surface area contributed by atoms with E-state index in [2.05, 4.69) is 22.8 Å². The standard InChI is InChI=1S/C33H46N4O6/c1-7-33(19-23(4)5,29(38)24(6)35-32(41)42-20-25-14-10-8-11-15-25)28(27(18-22(2)3)30(39)36-34)31(40)37-43-21-26-16-12-9-13-17-26/h7-17,22-24,27-28H,1,18-21,34H2,2-6H3,(H,35,41)(H,36,39)(H,37,40)/t24-,27-,28?,33?/m1/s1. The van der Waals surface area contributed by atoms with Crippen molar-refractivity contribution in [3.05, 3.63) is 84.4 Å². The first-order valence-electron chi connectivity index (χ1n) is 14.6. The van der Waals surface area contributed by atoms with Gasteiger partial charge in [0.25, 0.3) is 0 Å². The lowest BCUT2D eigenvalue weighted by Crippen LogP contribution is -2.57. The molecule has 0 heterocycles. The van der Waals surface area contributed by atoms with Gasteiger partial charge in [0.2, 0.25) is 11.8 Å². The number of nitrogens with two attached hydrogens (primary N) is 1. The van der Waals surface area contributed by atoms with Gasteiger partial charge in [0, 0.05) is 0 Å². The monoisotopic (exact) mass is 594 g/mol. The maximum absolute atomic E-state index is 14.4. The molecule has 10 nitrogen and oxygen atoms in total. The van der Waals surface area contributed by atoms with Crippen molar-refractivity contribution in [3.63, 3.8) is 0 Å². The van der Waals surface area contributed by atoms with Gasteiger partial charge in [-0.3, -0.25) is 24.6 Å². The average molecular weight is 595 g/mol. The van der Waals surface area contributed by atoms with E-state index in [4.69, 9.17) is 15.4 Å². The molecule has 0 saturated heterocycles. The first kappa shape index (κ1) is 35.2. The van der Waals surface area contributed by atoms with E-state index in [0.717, 1.165) is 11.1 Å². The smallest absolute Gasteiger partial charge is 0.408 e. The zero-order valence-electron chi connectivity index (χ0n) is 25.8. The van der Waals surface area contributed by atoms with E-state index in [1.807, 2.05) is 88.4 Å². The van der Waals surface area contributed by atoms with Gasteiger partial charge in [0.1, 0.15) is 6.61 Å². The number of carbonyl (C=O) groups is 4. The van der Waals surface area contributed by atoms with Crippen molar-refractivity contribution in [2.24, 2.45) is 34.9 Å². The quantitative estimate of drug-likeness (QED) is 0.0905. The SMILES string of the molecule is C=CC(CC(C)C)(C(=O)[C@@H](C)NC(=O)OCc1ccccc1)C(C(=O)NOCc1ccccc1)[C@@H](CC(C)C)C(=O)NN. The van der Waals surface area contributed by atoms with Crippen LogP contribution in [0.25, 0.3) is 0 Å². The summed E-state index contributed by atoms with van der Waals surface area (Å²) in [4.78, 5) is 59.8. The number of rotatable bonds is 17. The van der Waals surface area contributed by atoms with Crippen molar-refractivity contribution in [2.75, 3.05) is 0 Å². The Morgan fingerprint density at radius 2 is 1.42 bits per heavy atom. The molecular formula is C33H46N4O6. The lowest BCUT2D eigenvalue weighted by atomic mass is 9.60. The van der Waals surface area contributed by atoms with Crippen molar-refractivity contribution < 1.29 is 28.8 Å². The zero-order chi connectivity index (χ0) is 32.0. The highest BCUT2D eigenvalue weighted by molar-refractivity contribution is 5.99. The third-order valence-corrected chi connectivity index (χ3v) is 7.21. The molecule has 0 aromatic heterocycles. The molecule has 0 aliphatic heterocycles. The number of carbonyl (C=O) groups excluding carboxylic acids is 4. The summed E-state index contributed by atoms with van der Waals surface area (Å²) >= 11 is 0. The van der Waals surface area contributed by atoms with Crippen LogP contribution >= 0.6 is 0 Å². The molecule has 10 heteroatoms. The minimum atomic E-state index is -1.58. The van der Waals surface area contributed by atoms with Crippen LogP contribution in [0.5, 0.6) is 0 Å². The van der Waals surface area contributed by atoms with Gasteiger partial charge < -0.3 is 10.1 Å². The number of Topliss-reactive ketones (excluding diaryl/α,β-unsaturated/α-hetero) is 1. The first-order chi connectivity index (χ1) is 20.4.